The molecule has 6 heteroatoms. The van der Waals surface area contributed by atoms with Gasteiger partial charge in [0.2, 0.25) is 5.91 Å². The molecule has 0 aliphatic heterocycles. The summed E-state index contributed by atoms with van der Waals surface area (Å²) in [6.07, 6.45) is 1.63. The molecule has 2 rings (SSSR count). The summed E-state index contributed by atoms with van der Waals surface area (Å²) < 4.78 is 10.4. The van der Waals surface area contributed by atoms with E-state index in [-0.39, 0.29) is 24.5 Å². The normalized spacial score (nSPS) is 19.5. The first-order valence-electron chi connectivity index (χ1n) is 7.43. The van der Waals surface area contributed by atoms with E-state index in [1.54, 1.807) is 12.1 Å². The average molecular weight is 307 g/mol. The van der Waals surface area contributed by atoms with Gasteiger partial charge in [0.15, 0.2) is 6.61 Å². The second-order valence-electron chi connectivity index (χ2n) is 5.20. The number of carbonyl (C=O) groups excluding carboxylic acids is 1. The summed E-state index contributed by atoms with van der Waals surface area (Å²) in [4.78, 5) is 22.2. The monoisotopic (exact) mass is 307 g/mol. The van der Waals surface area contributed by atoms with Gasteiger partial charge in [-0.05, 0) is 37.5 Å². The first-order chi connectivity index (χ1) is 10.6. The number of nitrogens with one attached hydrogen (secondary N) is 1. The standard InChI is InChI=1S/C16H21NO5/c1-2-21-14-9-13(14)16(20)17-8-7-11-3-5-12(6-4-11)22-10-15(18)19/h3-6,13-14H,2,7-10H2,1H3,(H,17,20)(H,18,19). The van der Waals surface area contributed by atoms with E-state index in [1.165, 1.54) is 0 Å². The van der Waals surface area contributed by atoms with Gasteiger partial charge >= 0.3 is 5.97 Å². The van der Waals surface area contributed by atoms with Crippen LogP contribution in [0.2, 0.25) is 0 Å². The van der Waals surface area contributed by atoms with Crippen molar-refractivity contribution in [3.63, 3.8) is 0 Å². The predicted octanol–water partition coefficient (Wildman–Crippen LogP) is 1.23. The zero-order valence-electron chi connectivity index (χ0n) is 12.6. The lowest BCUT2D eigenvalue weighted by atomic mass is 10.1. The van der Waals surface area contributed by atoms with E-state index in [0.29, 0.717) is 18.9 Å². The van der Waals surface area contributed by atoms with E-state index in [4.69, 9.17) is 14.6 Å². The Bertz CT molecular complexity index is 514. The van der Waals surface area contributed by atoms with Crippen LogP contribution in [-0.4, -0.2) is 42.8 Å². The lowest BCUT2D eigenvalue weighted by Crippen LogP contribution is -2.28. The number of benzene rings is 1. The van der Waals surface area contributed by atoms with Crippen LogP contribution in [0.5, 0.6) is 5.75 Å². The number of hydrogen-bond acceptors (Lipinski definition) is 4. The van der Waals surface area contributed by atoms with Gasteiger partial charge in [-0.3, -0.25) is 4.79 Å². The van der Waals surface area contributed by atoms with Crippen molar-refractivity contribution in [1.29, 1.82) is 0 Å². The topological polar surface area (TPSA) is 84.9 Å². The summed E-state index contributed by atoms with van der Waals surface area (Å²) >= 11 is 0. The van der Waals surface area contributed by atoms with Crippen molar-refractivity contribution >= 4 is 11.9 Å². The SMILES string of the molecule is CCOC1CC1C(=O)NCCc1ccc(OCC(=O)O)cc1. The maximum absolute atomic E-state index is 11.8. The molecule has 0 spiro atoms. The molecule has 6 nitrogen and oxygen atoms in total. The maximum atomic E-state index is 11.8. The largest absolute Gasteiger partial charge is 0.482 e. The number of carboxylic acids is 1. The molecule has 1 amide bonds. The Morgan fingerprint density at radius 3 is 2.68 bits per heavy atom. The molecule has 2 N–H and O–H groups in total. The number of hydrogen-bond donors (Lipinski definition) is 2. The van der Waals surface area contributed by atoms with Crippen molar-refractivity contribution in [2.24, 2.45) is 5.92 Å². The Morgan fingerprint density at radius 1 is 1.32 bits per heavy atom. The zero-order valence-corrected chi connectivity index (χ0v) is 12.6. The van der Waals surface area contributed by atoms with E-state index < -0.39 is 5.97 Å². The molecule has 1 aliphatic carbocycles. The van der Waals surface area contributed by atoms with Crippen molar-refractivity contribution in [2.45, 2.75) is 25.9 Å². The second-order valence-corrected chi connectivity index (χ2v) is 5.20. The summed E-state index contributed by atoms with van der Waals surface area (Å²) in [5.74, 6) is -0.420. The van der Waals surface area contributed by atoms with Crippen LogP contribution in [0.4, 0.5) is 0 Å². The molecule has 1 aromatic carbocycles. The molecule has 1 saturated carbocycles. The van der Waals surface area contributed by atoms with Crippen molar-refractivity contribution in [2.75, 3.05) is 19.8 Å². The van der Waals surface area contributed by atoms with E-state index >= 15 is 0 Å². The van der Waals surface area contributed by atoms with Crippen molar-refractivity contribution in [3.05, 3.63) is 29.8 Å². The van der Waals surface area contributed by atoms with Gasteiger partial charge in [0.05, 0.1) is 12.0 Å². The van der Waals surface area contributed by atoms with Crippen molar-refractivity contribution in [1.82, 2.24) is 5.32 Å². The summed E-state index contributed by atoms with van der Waals surface area (Å²) in [5.41, 5.74) is 1.06. The molecule has 1 aliphatic rings. The summed E-state index contributed by atoms with van der Waals surface area (Å²) in [5, 5.41) is 11.4. The average Bonchev–Trinajstić information content (AvgIpc) is 3.26. The van der Waals surface area contributed by atoms with Crippen LogP contribution < -0.4 is 10.1 Å². The van der Waals surface area contributed by atoms with Gasteiger partial charge in [0.1, 0.15) is 5.75 Å². The number of carboxylic acid groups (broad SMARTS) is 1. The molecule has 2 atom stereocenters. The molecule has 0 bridgehead atoms. The fourth-order valence-corrected chi connectivity index (χ4v) is 2.20. The number of carbonyl (C=O) groups is 2. The molecule has 120 valence electrons. The molecule has 0 heterocycles. The summed E-state index contributed by atoms with van der Waals surface area (Å²) in [6, 6.07) is 7.19. The molecule has 22 heavy (non-hydrogen) atoms. The van der Waals surface area contributed by atoms with Crippen LogP contribution in [-0.2, 0) is 20.7 Å². The van der Waals surface area contributed by atoms with Crippen LogP contribution in [0.15, 0.2) is 24.3 Å². The van der Waals surface area contributed by atoms with Crippen molar-refractivity contribution < 1.29 is 24.2 Å². The molecular weight excluding hydrogens is 286 g/mol. The Kier molecular flexibility index (Phi) is 5.77. The highest BCUT2D eigenvalue weighted by atomic mass is 16.5. The van der Waals surface area contributed by atoms with Gasteiger partial charge in [0.25, 0.3) is 0 Å². The summed E-state index contributed by atoms with van der Waals surface area (Å²) in [7, 11) is 0. The molecule has 2 unspecified atom stereocenters. The lowest BCUT2D eigenvalue weighted by molar-refractivity contribution is -0.139. The lowest BCUT2D eigenvalue weighted by Gasteiger charge is -2.07. The van der Waals surface area contributed by atoms with E-state index in [9.17, 15) is 9.59 Å². The fraction of sp³-hybridized carbons (Fsp3) is 0.500. The van der Waals surface area contributed by atoms with Crippen LogP contribution >= 0.6 is 0 Å². The first-order valence-corrected chi connectivity index (χ1v) is 7.43. The quantitative estimate of drug-likeness (QED) is 0.717. The highest BCUT2D eigenvalue weighted by Crippen LogP contribution is 2.33. The summed E-state index contributed by atoms with van der Waals surface area (Å²) in [6.45, 7) is 2.79. The third kappa shape index (κ3) is 5.04. The molecule has 0 saturated heterocycles. The molecule has 0 aromatic heterocycles. The first kappa shape index (κ1) is 16.3. The van der Waals surface area contributed by atoms with Crippen LogP contribution in [0.25, 0.3) is 0 Å². The van der Waals surface area contributed by atoms with Gasteiger partial charge in [-0.1, -0.05) is 12.1 Å². The highest BCUT2D eigenvalue weighted by Gasteiger charge is 2.43. The minimum Gasteiger partial charge on any atom is -0.482 e. The Balaban J connectivity index is 1.67. The number of rotatable bonds is 9. The third-order valence-corrected chi connectivity index (χ3v) is 3.45. The van der Waals surface area contributed by atoms with Crippen molar-refractivity contribution in [3.8, 4) is 5.75 Å². The van der Waals surface area contributed by atoms with Gasteiger partial charge in [-0.25, -0.2) is 4.79 Å². The number of ether oxygens (including phenoxy) is 2. The number of amides is 1. The van der Waals surface area contributed by atoms with E-state index in [0.717, 1.165) is 18.4 Å². The zero-order chi connectivity index (χ0) is 15.9. The molecule has 1 fully saturated rings. The van der Waals surface area contributed by atoms with Crippen LogP contribution in [0, 0.1) is 5.92 Å². The Hall–Kier alpha value is -2.08. The molecular formula is C16H21NO5. The van der Waals surface area contributed by atoms with Gasteiger partial charge in [0, 0.05) is 13.2 Å². The predicted molar refractivity (Wildman–Crippen MR) is 79.8 cm³/mol. The minimum absolute atomic E-state index is 0.00625. The maximum Gasteiger partial charge on any atom is 0.341 e. The van der Waals surface area contributed by atoms with Crippen LogP contribution in [0.3, 0.4) is 0 Å². The minimum atomic E-state index is -1.00. The highest BCUT2D eigenvalue weighted by molar-refractivity contribution is 5.82. The third-order valence-electron chi connectivity index (χ3n) is 3.45. The number of aliphatic carboxylic acids is 1. The molecule has 1 aromatic rings. The fourth-order valence-electron chi connectivity index (χ4n) is 2.20. The van der Waals surface area contributed by atoms with E-state index in [1.807, 2.05) is 19.1 Å². The smallest absolute Gasteiger partial charge is 0.341 e. The Labute approximate surface area is 129 Å². The van der Waals surface area contributed by atoms with E-state index in [2.05, 4.69) is 5.32 Å². The van der Waals surface area contributed by atoms with Crippen LogP contribution in [0.1, 0.15) is 18.9 Å². The van der Waals surface area contributed by atoms with Gasteiger partial charge in [-0.2, -0.15) is 0 Å². The van der Waals surface area contributed by atoms with Gasteiger partial charge < -0.3 is 19.9 Å². The molecule has 0 radical (unpaired) electrons. The van der Waals surface area contributed by atoms with Gasteiger partial charge in [-0.15, -0.1) is 0 Å². The Morgan fingerprint density at radius 2 is 2.05 bits per heavy atom. The second kappa shape index (κ2) is 7.79.